The molecular formula is C17H26FNO2. The summed E-state index contributed by atoms with van der Waals surface area (Å²) >= 11 is 0. The van der Waals surface area contributed by atoms with Crippen LogP contribution in [0.2, 0.25) is 0 Å². The van der Waals surface area contributed by atoms with Crippen LogP contribution in [0.1, 0.15) is 24.0 Å². The van der Waals surface area contributed by atoms with E-state index in [0.717, 1.165) is 56.7 Å². The van der Waals surface area contributed by atoms with Gasteiger partial charge in [-0.25, -0.2) is 4.39 Å². The number of halogens is 1. The number of hydrogen-bond donors (Lipinski definition) is 1. The van der Waals surface area contributed by atoms with Crippen molar-refractivity contribution in [3.63, 3.8) is 0 Å². The summed E-state index contributed by atoms with van der Waals surface area (Å²) in [5, 5.41) is 3.45. The van der Waals surface area contributed by atoms with E-state index >= 15 is 0 Å². The standard InChI is InChI=1S/C17H26FNO2/c1-14-4-5-16(18)10-15(14)11-17(6-3-8-21-13-17)12-19-7-9-20-2/h4-5,10,19H,3,6-9,11-13H2,1-2H3. The first kappa shape index (κ1) is 16.4. The molecule has 0 spiro atoms. The number of ether oxygens (including phenoxy) is 2. The number of methoxy groups -OCH3 is 1. The van der Waals surface area contributed by atoms with Gasteiger partial charge >= 0.3 is 0 Å². The second-order valence-electron chi connectivity index (χ2n) is 6.07. The van der Waals surface area contributed by atoms with Gasteiger partial charge < -0.3 is 14.8 Å². The largest absolute Gasteiger partial charge is 0.383 e. The number of nitrogens with one attached hydrogen (secondary N) is 1. The number of benzene rings is 1. The Morgan fingerprint density at radius 2 is 2.29 bits per heavy atom. The molecule has 0 aromatic heterocycles. The molecule has 4 heteroatoms. The Labute approximate surface area is 126 Å². The molecule has 21 heavy (non-hydrogen) atoms. The molecule has 1 fully saturated rings. The smallest absolute Gasteiger partial charge is 0.123 e. The fourth-order valence-corrected chi connectivity index (χ4v) is 3.01. The van der Waals surface area contributed by atoms with E-state index in [1.54, 1.807) is 13.2 Å². The molecule has 1 aromatic carbocycles. The summed E-state index contributed by atoms with van der Waals surface area (Å²) in [6, 6.07) is 5.06. The molecule has 1 aromatic rings. The van der Waals surface area contributed by atoms with Crippen LogP contribution in [0.25, 0.3) is 0 Å². The summed E-state index contributed by atoms with van der Waals surface area (Å²) in [5.41, 5.74) is 2.30. The molecular weight excluding hydrogens is 269 g/mol. The van der Waals surface area contributed by atoms with Crippen LogP contribution < -0.4 is 5.32 Å². The van der Waals surface area contributed by atoms with E-state index in [4.69, 9.17) is 9.47 Å². The summed E-state index contributed by atoms with van der Waals surface area (Å²) in [4.78, 5) is 0. The maximum atomic E-state index is 13.5. The third kappa shape index (κ3) is 4.77. The topological polar surface area (TPSA) is 30.5 Å². The van der Waals surface area contributed by atoms with E-state index in [1.165, 1.54) is 6.07 Å². The van der Waals surface area contributed by atoms with Gasteiger partial charge in [0.1, 0.15) is 5.82 Å². The van der Waals surface area contributed by atoms with Gasteiger partial charge in [-0.05, 0) is 49.4 Å². The van der Waals surface area contributed by atoms with Crippen molar-refractivity contribution in [3.8, 4) is 0 Å². The van der Waals surface area contributed by atoms with E-state index < -0.39 is 0 Å². The highest BCUT2D eigenvalue weighted by atomic mass is 19.1. The summed E-state index contributed by atoms with van der Waals surface area (Å²) in [6.07, 6.45) is 3.04. The van der Waals surface area contributed by atoms with Gasteiger partial charge in [0.2, 0.25) is 0 Å². The molecule has 0 amide bonds. The highest BCUT2D eigenvalue weighted by molar-refractivity contribution is 5.28. The molecule has 1 aliphatic rings. The van der Waals surface area contributed by atoms with Crippen molar-refractivity contribution in [2.45, 2.75) is 26.2 Å². The summed E-state index contributed by atoms with van der Waals surface area (Å²) < 4.78 is 24.3. The average Bonchev–Trinajstić information content (AvgIpc) is 2.49. The molecule has 1 unspecified atom stereocenters. The Morgan fingerprint density at radius 1 is 1.43 bits per heavy atom. The summed E-state index contributed by atoms with van der Waals surface area (Å²) in [7, 11) is 1.71. The maximum Gasteiger partial charge on any atom is 0.123 e. The van der Waals surface area contributed by atoms with Gasteiger partial charge in [0.25, 0.3) is 0 Å². The lowest BCUT2D eigenvalue weighted by Crippen LogP contribution is -2.43. The van der Waals surface area contributed by atoms with Crippen molar-refractivity contribution in [2.24, 2.45) is 5.41 Å². The second-order valence-corrected chi connectivity index (χ2v) is 6.07. The Bertz CT molecular complexity index is 444. The van der Waals surface area contributed by atoms with Gasteiger partial charge in [-0.2, -0.15) is 0 Å². The molecule has 0 bridgehead atoms. The zero-order valence-corrected chi connectivity index (χ0v) is 13.1. The zero-order valence-electron chi connectivity index (χ0n) is 13.1. The van der Waals surface area contributed by atoms with E-state index in [0.29, 0.717) is 6.61 Å². The predicted molar refractivity (Wildman–Crippen MR) is 82.1 cm³/mol. The van der Waals surface area contributed by atoms with Crippen molar-refractivity contribution in [1.82, 2.24) is 5.32 Å². The van der Waals surface area contributed by atoms with Crippen molar-refractivity contribution in [3.05, 3.63) is 35.1 Å². The lowest BCUT2D eigenvalue weighted by molar-refractivity contribution is -0.00779. The first-order chi connectivity index (χ1) is 10.2. The van der Waals surface area contributed by atoms with Crippen LogP contribution in [-0.4, -0.2) is 40.0 Å². The first-order valence-corrected chi connectivity index (χ1v) is 7.68. The summed E-state index contributed by atoms with van der Waals surface area (Å²) in [5.74, 6) is -0.158. The van der Waals surface area contributed by atoms with Gasteiger partial charge in [-0.3, -0.25) is 0 Å². The molecule has 1 saturated heterocycles. The quantitative estimate of drug-likeness (QED) is 0.785. The van der Waals surface area contributed by atoms with Gasteiger partial charge in [-0.15, -0.1) is 0 Å². The van der Waals surface area contributed by atoms with Crippen LogP contribution in [0, 0.1) is 18.2 Å². The van der Waals surface area contributed by atoms with Gasteiger partial charge in [0.15, 0.2) is 0 Å². The highest BCUT2D eigenvalue weighted by Gasteiger charge is 2.33. The van der Waals surface area contributed by atoms with E-state index in [1.807, 2.05) is 13.0 Å². The van der Waals surface area contributed by atoms with Crippen molar-refractivity contribution in [2.75, 3.05) is 40.0 Å². The van der Waals surface area contributed by atoms with Gasteiger partial charge in [0, 0.05) is 32.2 Å². The average molecular weight is 295 g/mol. The van der Waals surface area contributed by atoms with E-state index in [9.17, 15) is 4.39 Å². The normalized spacial score (nSPS) is 22.4. The molecule has 1 aliphatic heterocycles. The Balaban J connectivity index is 2.06. The summed E-state index contributed by atoms with van der Waals surface area (Å²) in [6.45, 7) is 6.04. The minimum Gasteiger partial charge on any atom is -0.383 e. The van der Waals surface area contributed by atoms with Gasteiger partial charge in [0.05, 0.1) is 13.2 Å². The van der Waals surface area contributed by atoms with Crippen molar-refractivity contribution in [1.29, 1.82) is 0 Å². The molecule has 2 rings (SSSR count). The molecule has 0 saturated carbocycles. The highest BCUT2D eigenvalue weighted by Crippen LogP contribution is 2.33. The predicted octanol–water partition coefficient (Wildman–Crippen LogP) is 2.71. The van der Waals surface area contributed by atoms with Crippen molar-refractivity contribution >= 4 is 0 Å². The third-order valence-corrected chi connectivity index (χ3v) is 4.26. The minimum absolute atomic E-state index is 0.0601. The second kappa shape index (κ2) is 7.87. The molecule has 0 radical (unpaired) electrons. The molecule has 1 N–H and O–H groups in total. The fourth-order valence-electron chi connectivity index (χ4n) is 3.01. The number of rotatable bonds is 7. The molecule has 1 atom stereocenters. The lowest BCUT2D eigenvalue weighted by Gasteiger charge is -2.38. The number of hydrogen-bond acceptors (Lipinski definition) is 3. The van der Waals surface area contributed by atoms with Crippen molar-refractivity contribution < 1.29 is 13.9 Å². The first-order valence-electron chi connectivity index (χ1n) is 7.68. The monoisotopic (exact) mass is 295 g/mol. The lowest BCUT2D eigenvalue weighted by atomic mass is 9.76. The fraction of sp³-hybridized carbons (Fsp3) is 0.647. The Hall–Kier alpha value is -0.970. The number of aryl methyl sites for hydroxylation is 1. The molecule has 118 valence electrons. The van der Waals surface area contributed by atoms with E-state index in [-0.39, 0.29) is 11.2 Å². The van der Waals surface area contributed by atoms with Crippen LogP contribution in [0.3, 0.4) is 0 Å². The molecule has 3 nitrogen and oxygen atoms in total. The van der Waals surface area contributed by atoms with Crippen LogP contribution in [0.5, 0.6) is 0 Å². The van der Waals surface area contributed by atoms with Crippen LogP contribution in [0.4, 0.5) is 4.39 Å². The van der Waals surface area contributed by atoms with E-state index in [2.05, 4.69) is 5.32 Å². The Kier molecular flexibility index (Phi) is 6.15. The van der Waals surface area contributed by atoms with Crippen LogP contribution in [0.15, 0.2) is 18.2 Å². The molecule has 0 aliphatic carbocycles. The van der Waals surface area contributed by atoms with Crippen LogP contribution >= 0.6 is 0 Å². The zero-order chi connectivity index (χ0) is 15.1. The third-order valence-electron chi connectivity index (χ3n) is 4.26. The SMILES string of the molecule is COCCNCC1(Cc2cc(F)ccc2C)CCCOC1. The minimum atomic E-state index is -0.158. The maximum absolute atomic E-state index is 13.5. The van der Waals surface area contributed by atoms with Gasteiger partial charge in [-0.1, -0.05) is 6.07 Å². The van der Waals surface area contributed by atoms with Crippen LogP contribution in [-0.2, 0) is 15.9 Å². The Morgan fingerprint density at radius 3 is 3.00 bits per heavy atom. The molecule has 1 heterocycles.